The Morgan fingerprint density at radius 3 is 2.59 bits per heavy atom. The average molecular weight is 555 g/mol. The van der Waals surface area contributed by atoms with Gasteiger partial charge in [0.05, 0.1) is 14.7 Å². The Hall–Kier alpha value is -3.08. The number of thioether (sulfide) groups is 1. The molecule has 3 heterocycles. The van der Waals surface area contributed by atoms with E-state index in [0.717, 1.165) is 24.5 Å². The maximum atomic E-state index is 13.8. The topological polar surface area (TPSA) is 108 Å². The van der Waals surface area contributed by atoms with Gasteiger partial charge in [0.15, 0.2) is 0 Å². The average Bonchev–Trinajstić information content (AvgIpc) is 3.43. The van der Waals surface area contributed by atoms with Crippen LogP contribution in [0.15, 0.2) is 75.4 Å². The van der Waals surface area contributed by atoms with E-state index in [4.69, 9.17) is 5.73 Å². The number of carbonyl (C=O) groups excluding carboxylic acids is 3. The molecule has 2 atom stereocenters. The summed E-state index contributed by atoms with van der Waals surface area (Å²) in [6, 6.07) is 19.6. The van der Waals surface area contributed by atoms with E-state index in [-0.39, 0.29) is 6.54 Å². The standard InChI is InChI=1S/C24H19BrN4O3S2/c25-19-10-9-18(33-19)22-21(28-23(31)15-11-13-5-1-2-6-14(13)27-15)24(32)29(12-20(26)30)16-7-3-4-8-17(16)34-22/h1-11,21-22,27H,12H2,(H2,26,30)(H,28,31). The van der Waals surface area contributed by atoms with E-state index in [2.05, 4.69) is 26.2 Å². The van der Waals surface area contributed by atoms with Crippen LogP contribution in [-0.2, 0) is 9.59 Å². The van der Waals surface area contributed by atoms with E-state index >= 15 is 0 Å². The number of anilines is 1. The minimum Gasteiger partial charge on any atom is -0.368 e. The normalized spacial score (nSPS) is 17.9. The summed E-state index contributed by atoms with van der Waals surface area (Å²) in [5.41, 5.74) is 7.27. The van der Waals surface area contributed by atoms with Gasteiger partial charge in [-0.15, -0.1) is 23.1 Å². The van der Waals surface area contributed by atoms with E-state index in [0.29, 0.717) is 11.4 Å². The number of H-pyrrole nitrogens is 1. The first-order valence-electron chi connectivity index (χ1n) is 10.4. The fourth-order valence-corrected chi connectivity index (χ4v) is 6.95. The van der Waals surface area contributed by atoms with Crippen molar-refractivity contribution in [3.63, 3.8) is 0 Å². The van der Waals surface area contributed by atoms with Gasteiger partial charge in [0.1, 0.15) is 18.3 Å². The van der Waals surface area contributed by atoms with Gasteiger partial charge in [0, 0.05) is 20.7 Å². The molecular formula is C24H19BrN4O3S2. The second kappa shape index (κ2) is 9.28. The number of nitrogens with two attached hydrogens (primary N) is 1. The molecule has 0 bridgehead atoms. The summed E-state index contributed by atoms with van der Waals surface area (Å²) < 4.78 is 0.919. The molecule has 2 unspecified atom stereocenters. The van der Waals surface area contributed by atoms with Crippen molar-refractivity contribution in [3.05, 3.63) is 81.1 Å². The fourth-order valence-electron chi connectivity index (χ4n) is 3.98. The van der Waals surface area contributed by atoms with E-state index in [1.54, 1.807) is 18.2 Å². The highest BCUT2D eigenvalue weighted by Crippen LogP contribution is 2.47. The second-order valence-corrected chi connectivity index (χ2v) is 11.4. The van der Waals surface area contributed by atoms with Gasteiger partial charge in [-0.05, 0) is 52.3 Å². The van der Waals surface area contributed by atoms with Gasteiger partial charge in [-0.1, -0.05) is 30.3 Å². The van der Waals surface area contributed by atoms with Crippen molar-refractivity contribution in [1.29, 1.82) is 0 Å². The number of aromatic amines is 1. The number of nitrogens with zero attached hydrogens (tertiary/aromatic N) is 1. The van der Waals surface area contributed by atoms with Gasteiger partial charge in [-0.25, -0.2) is 0 Å². The Morgan fingerprint density at radius 1 is 1.09 bits per heavy atom. The Kier molecular flexibility index (Phi) is 6.20. The van der Waals surface area contributed by atoms with Crippen LogP contribution >= 0.6 is 39.0 Å². The smallest absolute Gasteiger partial charge is 0.268 e. The fraction of sp³-hybridized carbons (Fsp3) is 0.125. The van der Waals surface area contributed by atoms with Gasteiger partial charge in [-0.2, -0.15) is 0 Å². The number of carbonyl (C=O) groups is 3. The molecule has 5 rings (SSSR count). The third-order valence-electron chi connectivity index (χ3n) is 5.49. The van der Waals surface area contributed by atoms with Gasteiger partial charge >= 0.3 is 0 Å². The zero-order valence-corrected chi connectivity index (χ0v) is 20.9. The highest BCUT2D eigenvalue weighted by Gasteiger charge is 2.40. The van der Waals surface area contributed by atoms with E-state index in [9.17, 15) is 14.4 Å². The molecule has 10 heteroatoms. The van der Waals surface area contributed by atoms with E-state index < -0.39 is 29.0 Å². The quantitative estimate of drug-likeness (QED) is 0.338. The van der Waals surface area contributed by atoms with Crippen molar-refractivity contribution in [1.82, 2.24) is 10.3 Å². The number of primary amides is 1. The molecule has 0 radical (unpaired) electrons. The number of hydrogen-bond acceptors (Lipinski definition) is 5. The number of hydrogen-bond donors (Lipinski definition) is 3. The number of fused-ring (bicyclic) bond motifs is 2. The number of nitrogens with one attached hydrogen (secondary N) is 2. The van der Waals surface area contributed by atoms with Crippen molar-refractivity contribution in [3.8, 4) is 0 Å². The first-order chi connectivity index (χ1) is 16.4. The van der Waals surface area contributed by atoms with Crippen LogP contribution in [0.4, 0.5) is 5.69 Å². The van der Waals surface area contributed by atoms with Crippen LogP contribution < -0.4 is 16.0 Å². The van der Waals surface area contributed by atoms with Crippen LogP contribution in [0.25, 0.3) is 10.9 Å². The Morgan fingerprint density at radius 2 is 1.85 bits per heavy atom. The summed E-state index contributed by atoms with van der Waals surface area (Å²) in [5, 5.41) is 3.43. The van der Waals surface area contributed by atoms with Gasteiger partial charge in [0.2, 0.25) is 5.91 Å². The van der Waals surface area contributed by atoms with E-state index in [1.807, 2.05) is 48.5 Å². The first kappa shape index (κ1) is 22.7. The highest BCUT2D eigenvalue weighted by molar-refractivity contribution is 9.11. The van der Waals surface area contributed by atoms with Crippen molar-refractivity contribution in [2.45, 2.75) is 16.2 Å². The predicted octanol–water partition coefficient (Wildman–Crippen LogP) is 4.46. The zero-order valence-electron chi connectivity index (χ0n) is 17.7. The molecule has 7 nitrogen and oxygen atoms in total. The number of amides is 3. The van der Waals surface area contributed by atoms with Crippen LogP contribution in [0, 0.1) is 0 Å². The molecule has 0 spiro atoms. The summed E-state index contributed by atoms with van der Waals surface area (Å²) in [7, 11) is 0. The van der Waals surface area contributed by atoms with Crippen molar-refractivity contribution < 1.29 is 14.4 Å². The second-order valence-electron chi connectivity index (χ2n) is 7.76. The lowest BCUT2D eigenvalue weighted by Crippen LogP contribution is -2.52. The molecule has 172 valence electrons. The molecule has 0 aliphatic carbocycles. The molecule has 34 heavy (non-hydrogen) atoms. The van der Waals surface area contributed by atoms with Gasteiger partial charge < -0.3 is 20.9 Å². The summed E-state index contributed by atoms with van der Waals surface area (Å²) >= 11 is 6.48. The van der Waals surface area contributed by atoms with Crippen LogP contribution in [0.3, 0.4) is 0 Å². The summed E-state index contributed by atoms with van der Waals surface area (Å²) in [6.07, 6.45) is 0. The number of thiophene rings is 1. The monoisotopic (exact) mass is 554 g/mol. The number of rotatable bonds is 5. The lowest BCUT2D eigenvalue weighted by atomic mass is 10.1. The minimum absolute atomic E-state index is 0.282. The highest BCUT2D eigenvalue weighted by atomic mass is 79.9. The van der Waals surface area contributed by atoms with Crippen molar-refractivity contribution in [2.24, 2.45) is 5.73 Å². The molecule has 4 N–H and O–H groups in total. The summed E-state index contributed by atoms with van der Waals surface area (Å²) in [6.45, 7) is -0.282. The predicted molar refractivity (Wildman–Crippen MR) is 138 cm³/mol. The van der Waals surface area contributed by atoms with E-state index in [1.165, 1.54) is 28.0 Å². The number of aromatic nitrogens is 1. The molecule has 3 amide bonds. The summed E-state index contributed by atoms with van der Waals surface area (Å²) in [4.78, 5) is 45.2. The largest absolute Gasteiger partial charge is 0.368 e. The van der Waals surface area contributed by atoms with Gasteiger partial charge in [0.25, 0.3) is 11.8 Å². The third-order valence-corrected chi connectivity index (χ3v) is 8.73. The third kappa shape index (κ3) is 4.36. The summed E-state index contributed by atoms with van der Waals surface area (Å²) in [5.74, 6) is -1.43. The molecule has 2 aromatic carbocycles. The first-order valence-corrected chi connectivity index (χ1v) is 12.9. The molecular weight excluding hydrogens is 536 g/mol. The molecule has 0 saturated heterocycles. The number of para-hydroxylation sites is 2. The molecule has 0 saturated carbocycles. The van der Waals surface area contributed by atoms with Gasteiger partial charge in [-0.3, -0.25) is 14.4 Å². The van der Waals surface area contributed by atoms with Crippen molar-refractivity contribution >= 4 is 73.3 Å². The molecule has 1 aliphatic heterocycles. The van der Waals surface area contributed by atoms with Crippen LogP contribution in [-0.4, -0.2) is 35.3 Å². The molecule has 2 aromatic heterocycles. The van der Waals surface area contributed by atoms with Crippen molar-refractivity contribution in [2.75, 3.05) is 11.4 Å². The lowest BCUT2D eigenvalue weighted by Gasteiger charge is -2.27. The zero-order chi connectivity index (χ0) is 23.8. The minimum atomic E-state index is -0.929. The van der Waals surface area contributed by atoms with Crippen LogP contribution in [0.2, 0.25) is 0 Å². The number of halogens is 1. The van der Waals surface area contributed by atoms with Crippen LogP contribution in [0.5, 0.6) is 0 Å². The Balaban J connectivity index is 1.57. The maximum Gasteiger partial charge on any atom is 0.268 e. The Bertz CT molecular complexity index is 1380. The SMILES string of the molecule is NC(=O)CN1C(=O)C(NC(=O)c2cc3ccccc3[nH]2)C(c2ccc(Br)s2)Sc2ccccc21. The van der Waals surface area contributed by atoms with Crippen LogP contribution in [0.1, 0.15) is 20.6 Å². The molecule has 0 fully saturated rings. The maximum absolute atomic E-state index is 13.8. The number of benzene rings is 2. The Labute approximate surface area is 211 Å². The molecule has 1 aliphatic rings. The lowest BCUT2D eigenvalue weighted by molar-refractivity contribution is -0.123. The molecule has 4 aromatic rings.